The fraction of sp³-hybridized carbons (Fsp3) is 0.900. The molecule has 2 saturated heterocycles. The van der Waals surface area contributed by atoms with Crippen molar-refractivity contribution in [2.24, 2.45) is 5.73 Å². The number of carbonyl (C=O) groups is 1. The zero-order chi connectivity index (χ0) is 10.7. The number of morpholine rings is 1. The van der Waals surface area contributed by atoms with Gasteiger partial charge in [0.05, 0.1) is 19.8 Å². The predicted molar refractivity (Wildman–Crippen MR) is 54.3 cm³/mol. The average molecular weight is 214 g/mol. The summed E-state index contributed by atoms with van der Waals surface area (Å²) in [5.74, 6) is 0.102. The van der Waals surface area contributed by atoms with Crippen LogP contribution in [0.5, 0.6) is 0 Å². The second-order valence-electron chi connectivity index (χ2n) is 4.10. The van der Waals surface area contributed by atoms with E-state index in [2.05, 4.69) is 0 Å². The highest BCUT2D eigenvalue weighted by atomic mass is 16.5. The number of nitrogens with two attached hydrogens (primary N) is 1. The molecule has 0 aromatic carbocycles. The normalized spacial score (nSPS) is 32.7. The fourth-order valence-corrected chi connectivity index (χ4v) is 1.95. The lowest BCUT2D eigenvalue weighted by Gasteiger charge is -2.33. The third kappa shape index (κ3) is 2.68. The predicted octanol–water partition coefficient (Wildman–Crippen LogP) is -0.648. The van der Waals surface area contributed by atoms with Crippen molar-refractivity contribution in [2.45, 2.75) is 25.0 Å². The van der Waals surface area contributed by atoms with Gasteiger partial charge in [0.1, 0.15) is 6.10 Å². The van der Waals surface area contributed by atoms with E-state index < -0.39 is 0 Å². The molecule has 0 bridgehead atoms. The van der Waals surface area contributed by atoms with Gasteiger partial charge in [0.25, 0.3) is 5.91 Å². The van der Waals surface area contributed by atoms with E-state index >= 15 is 0 Å². The molecule has 2 aliphatic heterocycles. The summed E-state index contributed by atoms with van der Waals surface area (Å²) in [4.78, 5) is 13.8. The van der Waals surface area contributed by atoms with Crippen LogP contribution in [-0.2, 0) is 14.3 Å². The van der Waals surface area contributed by atoms with Crippen LogP contribution >= 0.6 is 0 Å². The van der Waals surface area contributed by atoms with Crippen molar-refractivity contribution in [1.82, 2.24) is 4.90 Å². The number of carbonyl (C=O) groups excluding carboxylic acids is 1. The van der Waals surface area contributed by atoms with E-state index in [-0.39, 0.29) is 18.1 Å². The molecule has 2 fully saturated rings. The minimum atomic E-state index is -0.275. The summed E-state index contributed by atoms with van der Waals surface area (Å²) >= 11 is 0. The Labute approximate surface area is 89.5 Å². The molecule has 1 amide bonds. The Morgan fingerprint density at radius 1 is 1.27 bits per heavy atom. The number of nitrogens with zero attached hydrogens (tertiary/aromatic N) is 1. The summed E-state index contributed by atoms with van der Waals surface area (Å²) < 4.78 is 10.6. The smallest absolute Gasteiger partial charge is 0.251 e. The maximum atomic E-state index is 12.0. The van der Waals surface area contributed by atoms with Gasteiger partial charge in [0.2, 0.25) is 0 Å². The van der Waals surface area contributed by atoms with Crippen molar-refractivity contribution in [3.05, 3.63) is 0 Å². The second-order valence-corrected chi connectivity index (χ2v) is 4.10. The minimum Gasteiger partial charge on any atom is -0.378 e. The minimum absolute atomic E-state index is 0.0961. The van der Waals surface area contributed by atoms with Crippen LogP contribution in [-0.4, -0.2) is 55.9 Å². The van der Waals surface area contributed by atoms with Gasteiger partial charge in [0.15, 0.2) is 0 Å². The van der Waals surface area contributed by atoms with Crippen LogP contribution in [0.1, 0.15) is 12.8 Å². The molecule has 15 heavy (non-hydrogen) atoms. The first kappa shape index (κ1) is 10.9. The molecule has 5 nitrogen and oxygen atoms in total. The van der Waals surface area contributed by atoms with Crippen LogP contribution < -0.4 is 5.73 Å². The summed E-state index contributed by atoms with van der Waals surface area (Å²) in [5, 5.41) is 0. The molecule has 0 aliphatic carbocycles. The molecule has 2 rings (SSSR count). The van der Waals surface area contributed by atoms with Crippen LogP contribution in [0, 0.1) is 0 Å². The van der Waals surface area contributed by atoms with Gasteiger partial charge in [-0.05, 0) is 12.8 Å². The van der Waals surface area contributed by atoms with E-state index in [9.17, 15) is 4.79 Å². The van der Waals surface area contributed by atoms with Crippen LogP contribution in [0.3, 0.4) is 0 Å². The van der Waals surface area contributed by atoms with Gasteiger partial charge in [-0.1, -0.05) is 0 Å². The van der Waals surface area contributed by atoms with Crippen LogP contribution in [0.15, 0.2) is 0 Å². The first-order chi connectivity index (χ1) is 7.27. The third-order valence-corrected chi connectivity index (χ3v) is 2.91. The number of hydrogen-bond donors (Lipinski definition) is 1. The van der Waals surface area contributed by atoms with Gasteiger partial charge in [-0.15, -0.1) is 0 Å². The molecule has 2 aliphatic rings. The van der Waals surface area contributed by atoms with Crippen molar-refractivity contribution in [2.75, 3.05) is 32.9 Å². The van der Waals surface area contributed by atoms with E-state index in [4.69, 9.17) is 15.2 Å². The second kappa shape index (κ2) is 4.92. The zero-order valence-electron chi connectivity index (χ0n) is 8.85. The van der Waals surface area contributed by atoms with Gasteiger partial charge in [-0.3, -0.25) is 4.79 Å². The molecule has 5 heteroatoms. The lowest BCUT2D eigenvalue weighted by molar-refractivity contribution is -0.151. The number of rotatable bonds is 1. The Morgan fingerprint density at radius 2 is 2.00 bits per heavy atom. The fourth-order valence-electron chi connectivity index (χ4n) is 1.95. The summed E-state index contributed by atoms with van der Waals surface area (Å²) in [6, 6.07) is 0.0961. The van der Waals surface area contributed by atoms with E-state index in [0.29, 0.717) is 32.9 Å². The van der Waals surface area contributed by atoms with Crippen molar-refractivity contribution < 1.29 is 14.3 Å². The highest BCUT2D eigenvalue weighted by Gasteiger charge is 2.29. The summed E-state index contributed by atoms with van der Waals surface area (Å²) in [6.07, 6.45) is 1.35. The molecule has 2 heterocycles. The molecule has 0 aromatic rings. The van der Waals surface area contributed by atoms with Gasteiger partial charge in [-0.2, -0.15) is 0 Å². The molecule has 0 saturated carbocycles. The molecule has 0 spiro atoms. The highest BCUT2D eigenvalue weighted by molar-refractivity contribution is 5.81. The van der Waals surface area contributed by atoms with E-state index in [0.717, 1.165) is 12.8 Å². The zero-order valence-corrected chi connectivity index (χ0v) is 8.85. The quantitative estimate of drug-likeness (QED) is 0.630. The molecule has 2 N–H and O–H groups in total. The highest BCUT2D eigenvalue weighted by Crippen LogP contribution is 2.15. The van der Waals surface area contributed by atoms with Crippen molar-refractivity contribution in [3.63, 3.8) is 0 Å². The molecular formula is C10H18N2O3. The largest absolute Gasteiger partial charge is 0.378 e. The molecule has 0 radical (unpaired) electrons. The Morgan fingerprint density at radius 3 is 2.60 bits per heavy atom. The Hall–Kier alpha value is -0.650. The van der Waals surface area contributed by atoms with E-state index in [1.807, 2.05) is 4.90 Å². The average Bonchev–Trinajstić information content (AvgIpc) is 2.30. The van der Waals surface area contributed by atoms with Crippen LogP contribution in [0.4, 0.5) is 0 Å². The first-order valence-corrected chi connectivity index (χ1v) is 5.51. The van der Waals surface area contributed by atoms with Crippen LogP contribution in [0.25, 0.3) is 0 Å². The number of amides is 1. The van der Waals surface area contributed by atoms with Crippen molar-refractivity contribution in [1.29, 1.82) is 0 Å². The van der Waals surface area contributed by atoms with E-state index in [1.54, 1.807) is 0 Å². The number of hydrogen-bond acceptors (Lipinski definition) is 4. The Bertz CT molecular complexity index is 221. The summed E-state index contributed by atoms with van der Waals surface area (Å²) in [5.41, 5.74) is 5.71. The first-order valence-electron chi connectivity index (χ1n) is 5.51. The maximum Gasteiger partial charge on any atom is 0.251 e. The lowest BCUT2D eigenvalue weighted by Crippen LogP contribution is -2.49. The van der Waals surface area contributed by atoms with Crippen molar-refractivity contribution >= 4 is 5.91 Å². The van der Waals surface area contributed by atoms with Crippen molar-refractivity contribution in [3.8, 4) is 0 Å². The maximum absolute atomic E-state index is 12.0. The van der Waals surface area contributed by atoms with E-state index in [1.165, 1.54) is 0 Å². The molecular weight excluding hydrogens is 196 g/mol. The SMILES string of the molecule is N[C@@H]1CC[C@@H](C(=O)N2CCOCC2)OC1. The van der Waals surface area contributed by atoms with Gasteiger partial charge in [-0.25, -0.2) is 0 Å². The van der Waals surface area contributed by atoms with Crippen LogP contribution in [0.2, 0.25) is 0 Å². The third-order valence-electron chi connectivity index (χ3n) is 2.91. The Balaban J connectivity index is 1.84. The standard InChI is InChI=1S/C10H18N2O3/c11-8-1-2-9(15-7-8)10(13)12-3-5-14-6-4-12/h8-9H,1-7,11H2/t8-,9+/m1/s1. The molecule has 2 atom stereocenters. The summed E-state index contributed by atoms with van der Waals surface area (Å²) in [6.45, 7) is 3.15. The molecule has 86 valence electrons. The topological polar surface area (TPSA) is 64.8 Å². The Kier molecular flexibility index (Phi) is 3.56. The lowest BCUT2D eigenvalue weighted by atomic mass is 10.0. The summed E-state index contributed by atoms with van der Waals surface area (Å²) in [7, 11) is 0. The van der Waals surface area contributed by atoms with Gasteiger partial charge < -0.3 is 20.1 Å². The van der Waals surface area contributed by atoms with Gasteiger partial charge >= 0.3 is 0 Å². The molecule has 0 aromatic heterocycles. The monoisotopic (exact) mass is 214 g/mol. The molecule has 0 unspecified atom stereocenters. The number of ether oxygens (including phenoxy) is 2. The van der Waals surface area contributed by atoms with Gasteiger partial charge in [0, 0.05) is 19.1 Å².